The maximum absolute atomic E-state index is 11.2. The Kier molecular flexibility index (Phi) is 3.00. The van der Waals surface area contributed by atoms with Gasteiger partial charge in [0.05, 0.1) is 7.11 Å². The highest BCUT2D eigenvalue weighted by atomic mass is 16.5. The Hall–Kier alpha value is -2.43. The average molecular weight is 229 g/mol. The van der Waals surface area contributed by atoms with Crippen LogP contribution in [0.3, 0.4) is 0 Å². The molecule has 1 aromatic heterocycles. The number of aromatic nitrogens is 2. The first-order valence-corrected chi connectivity index (χ1v) is 4.97. The average Bonchev–Trinajstić information content (AvgIpc) is 2.39. The van der Waals surface area contributed by atoms with E-state index in [0.717, 1.165) is 0 Å². The minimum absolute atomic E-state index is 0.367. The van der Waals surface area contributed by atoms with Crippen LogP contribution in [-0.2, 0) is 0 Å². The van der Waals surface area contributed by atoms with E-state index in [1.807, 2.05) is 0 Å². The number of hydrogen-bond acceptors (Lipinski definition) is 4. The Morgan fingerprint density at radius 1 is 1.24 bits per heavy atom. The Bertz CT molecular complexity index is 541. The zero-order valence-corrected chi connectivity index (χ0v) is 9.25. The molecular weight excluding hydrogens is 218 g/mol. The van der Waals surface area contributed by atoms with Gasteiger partial charge < -0.3 is 10.5 Å². The van der Waals surface area contributed by atoms with Crippen LogP contribution >= 0.6 is 0 Å². The number of primary amides is 1. The van der Waals surface area contributed by atoms with Crippen LogP contribution in [0, 0.1) is 0 Å². The molecule has 0 fully saturated rings. The van der Waals surface area contributed by atoms with Crippen LogP contribution < -0.4 is 10.5 Å². The van der Waals surface area contributed by atoms with E-state index in [2.05, 4.69) is 9.97 Å². The number of carbonyl (C=O) groups is 1. The van der Waals surface area contributed by atoms with Crippen LogP contribution in [0.25, 0.3) is 11.4 Å². The van der Waals surface area contributed by atoms with E-state index in [1.54, 1.807) is 36.7 Å². The fourth-order valence-electron chi connectivity index (χ4n) is 1.44. The van der Waals surface area contributed by atoms with Crippen molar-refractivity contribution < 1.29 is 9.53 Å². The molecule has 2 N–H and O–H groups in total. The minimum Gasteiger partial charge on any atom is -0.497 e. The molecule has 0 saturated heterocycles. The lowest BCUT2D eigenvalue weighted by Gasteiger charge is -2.06. The quantitative estimate of drug-likeness (QED) is 0.859. The van der Waals surface area contributed by atoms with Crippen LogP contribution in [0.15, 0.2) is 36.7 Å². The summed E-state index contributed by atoms with van der Waals surface area (Å²) in [6.07, 6.45) is 3.26. The smallest absolute Gasteiger partial charge is 0.248 e. The number of ether oxygens (including phenoxy) is 1. The second-order valence-corrected chi connectivity index (χ2v) is 3.39. The number of methoxy groups -OCH3 is 1. The van der Waals surface area contributed by atoms with Gasteiger partial charge in [0.1, 0.15) is 5.75 Å². The maximum atomic E-state index is 11.2. The van der Waals surface area contributed by atoms with Gasteiger partial charge in [-0.05, 0) is 24.3 Å². The molecule has 0 aliphatic heterocycles. The third-order valence-electron chi connectivity index (χ3n) is 2.25. The normalized spacial score (nSPS) is 9.94. The van der Waals surface area contributed by atoms with Crippen molar-refractivity contribution in [3.63, 3.8) is 0 Å². The van der Waals surface area contributed by atoms with Crippen molar-refractivity contribution in [1.29, 1.82) is 0 Å². The topological polar surface area (TPSA) is 78.1 Å². The van der Waals surface area contributed by atoms with Crippen molar-refractivity contribution in [3.05, 3.63) is 42.2 Å². The van der Waals surface area contributed by atoms with Crippen LogP contribution in [-0.4, -0.2) is 23.0 Å². The SMILES string of the molecule is COc1cc(C(N)=O)cc(-c2ncccn2)c1. The highest BCUT2D eigenvalue weighted by molar-refractivity contribution is 5.94. The van der Waals surface area contributed by atoms with E-state index >= 15 is 0 Å². The highest BCUT2D eigenvalue weighted by Crippen LogP contribution is 2.23. The second kappa shape index (κ2) is 4.61. The molecule has 1 aromatic carbocycles. The van der Waals surface area contributed by atoms with E-state index in [0.29, 0.717) is 22.7 Å². The molecule has 0 saturated carbocycles. The van der Waals surface area contributed by atoms with E-state index < -0.39 is 5.91 Å². The van der Waals surface area contributed by atoms with Crippen LogP contribution in [0.1, 0.15) is 10.4 Å². The molecule has 0 spiro atoms. The number of hydrogen-bond donors (Lipinski definition) is 1. The molecule has 0 unspecified atom stereocenters. The van der Waals surface area contributed by atoms with Gasteiger partial charge in [0.2, 0.25) is 5.91 Å². The number of amides is 1. The molecule has 0 bridgehead atoms. The van der Waals surface area contributed by atoms with E-state index in [4.69, 9.17) is 10.5 Å². The molecule has 17 heavy (non-hydrogen) atoms. The monoisotopic (exact) mass is 229 g/mol. The predicted molar refractivity (Wildman–Crippen MR) is 62.5 cm³/mol. The van der Waals surface area contributed by atoms with Gasteiger partial charge in [-0.3, -0.25) is 4.79 Å². The fourth-order valence-corrected chi connectivity index (χ4v) is 1.44. The Morgan fingerprint density at radius 3 is 2.53 bits per heavy atom. The van der Waals surface area contributed by atoms with Crippen molar-refractivity contribution in [2.45, 2.75) is 0 Å². The first-order chi connectivity index (χ1) is 8.20. The molecule has 2 aromatic rings. The van der Waals surface area contributed by atoms with Crippen LogP contribution in [0.5, 0.6) is 5.75 Å². The number of rotatable bonds is 3. The molecule has 0 radical (unpaired) electrons. The van der Waals surface area contributed by atoms with Crippen LogP contribution in [0.4, 0.5) is 0 Å². The zero-order valence-electron chi connectivity index (χ0n) is 9.25. The van der Waals surface area contributed by atoms with E-state index in [1.165, 1.54) is 7.11 Å². The summed E-state index contributed by atoms with van der Waals surface area (Å²) in [4.78, 5) is 19.4. The number of nitrogens with two attached hydrogens (primary N) is 1. The summed E-state index contributed by atoms with van der Waals surface area (Å²) < 4.78 is 5.10. The Morgan fingerprint density at radius 2 is 1.94 bits per heavy atom. The van der Waals surface area contributed by atoms with Crippen molar-refractivity contribution >= 4 is 5.91 Å². The van der Waals surface area contributed by atoms with Crippen molar-refractivity contribution in [3.8, 4) is 17.1 Å². The number of benzene rings is 1. The molecule has 5 heteroatoms. The Labute approximate surface area is 98.3 Å². The zero-order chi connectivity index (χ0) is 12.3. The van der Waals surface area contributed by atoms with Gasteiger partial charge >= 0.3 is 0 Å². The fraction of sp³-hybridized carbons (Fsp3) is 0.0833. The molecule has 5 nitrogen and oxygen atoms in total. The van der Waals surface area contributed by atoms with Gasteiger partial charge in [-0.15, -0.1) is 0 Å². The summed E-state index contributed by atoms with van der Waals surface area (Å²) >= 11 is 0. The summed E-state index contributed by atoms with van der Waals surface area (Å²) in [6.45, 7) is 0. The Balaban J connectivity index is 2.54. The maximum Gasteiger partial charge on any atom is 0.248 e. The van der Waals surface area contributed by atoms with Gasteiger partial charge in [0.25, 0.3) is 0 Å². The highest BCUT2D eigenvalue weighted by Gasteiger charge is 2.08. The van der Waals surface area contributed by atoms with Gasteiger partial charge in [-0.2, -0.15) is 0 Å². The molecule has 0 aliphatic rings. The van der Waals surface area contributed by atoms with E-state index in [-0.39, 0.29) is 0 Å². The second-order valence-electron chi connectivity index (χ2n) is 3.39. The summed E-state index contributed by atoms with van der Waals surface area (Å²) in [5, 5.41) is 0. The third-order valence-corrected chi connectivity index (χ3v) is 2.25. The third kappa shape index (κ3) is 2.39. The molecule has 1 heterocycles. The minimum atomic E-state index is -0.513. The van der Waals surface area contributed by atoms with Crippen molar-refractivity contribution in [1.82, 2.24) is 9.97 Å². The molecule has 1 amide bonds. The summed E-state index contributed by atoms with van der Waals surface area (Å²) in [7, 11) is 1.52. The van der Waals surface area contributed by atoms with Crippen molar-refractivity contribution in [2.24, 2.45) is 5.73 Å². The lowest BCUT2D eigenvalue weighted by molar-refractivity contribution is 0.1000. The molecule has 2 rings (SSSR count). The first-order valence-electron chi connectivity index (χ1n) is 4.97. The lowest BCUT2D eigenvalue weighted by atomic mass is 10.1. The summed E-state index contributed by atoms with van der Waals surface area (Å²) in [5.41, 5.74) is 6.31. The summed E-state index contributed by atoms with van der Waals surface area (Å²) in [5.74, 6) is 0.554. The van der Waals surface area contributed by atoms with Gasteiger partial charge in [-0.1, -0.05) is 0 Å². The van der Waals surface area contributed by atoms with Crippen molar-refractivity contribution in [2.75, 3.05) is 7.11 Å². The van der Waals surface area contributed by atoms with Gasteiger partial charge in [0.15, 0.2) is 5.82 Å². The van der Waals surface area contributed by atoms with Gasteiger partial charge in [-0.25, -0.2) is 9.97 Å². The largest absolute Gasteiger partial charge is 0.497 e. The predicted octanol–water partition coefficient (Wildman–Crippen LogP) is 1.25. The molecule has 0 atom stereocenters. The lowest BCUT2D eigenvalue weighted by Crippen LogP contribution is -2.11. The molecule has 86 valence electrons. The first kappa shape index (κ1) is 11.1. The standard InChI is InChI=1S/C12H11N3O2/c1-17-10-6-8(11(13)16)5-9(7-10)12-14-3-2-4-15-12/h2-7H,1H3,(H2,13,16). The van der Waals surface area contributed by atoms with Gasteiger partial charge in [0, 0.05) is 23.5 Å². The number of carbonyl (C=O) groups excluding carboxylic acids is 1. The molecular formula is C12H11N3O2. The van der Waals surface area contributed by atoms with E-state index in [9.17, 15) is 4.79 Å². The number of nitrogens with zero attached hydrogens (tertiary/aromatic N) is 2. The van der Waals surface area contributed by atoms with Crippen LogP contribution in [0.2, 0.25) is 0 Å². The summed E-state index contributed by atoms with van der Waals surface area (Å²) in [6, 6.07) is 6.69. The molecule has 0 aliphatic carbocycles.